The molecule has 0 spiro atoms. The number of hydrogen-bond donors (Lipinski definition) is 2. The molecule has 0 saturated heterocycles. The largest absolute Gasteiger partial charge is 0.356 e. The first-order valence-electron chi connectivity index (χ1n) is 10.2. The van der Waals surface area contributed by atoms with E-state index in [1.54, 1.807) is 30.3 Å². The summed E-state index contributed by atoms with van der Waals surface area (Å²) in [4.78, 5) is 33.8. The van der Waals surface area contributed by atoms with Crippen LogP contribution in [0, 0.1) is 13.8 Å². The monoisotopic (exact) mass is 402 g/mol. The number of aryl methyl sites for hydroxylation is 3. The molecule has 0 unspecified atom stereocenters. The quantitative estimate of drug-likeness (QED) is 0.644. The van der Waals surface area contributed by atoms with Gasteiger partial charge in [0.15, 0.2) is 0 Å². The number of amides is 2. The van der Waals surface area contributed by atoms with E-state index in [4.69, 9.17) is 0 Å². The number of nitrogens with one attached hydrogen (secondary N) is 2. The Morgan fingerprint density at radius 3 is 2.90 bits per heavy atom. The van der Waals surface area contributed by atoms with Gasteiger partial charge >= 0.3 is 0 Å². The van der Waals surface area contributed by atoms with Gasteiger partial charge in [0.1, 0.15) is 5.82 Å². The van der Waals surface area contributed by atoms with Gasteiger partial charge in [-0.1, -0.05) is 18.2 Å². The fourth-order valence-electron chi connectivity index (χ4n) is 3.88. The van der Waals surface area contributed by atoms with Gasteiger partial charge in [-0.05, 0) is 61.1 Å². The smallest absolute Gasteiger partial charge is 0.246 e. The van der Waals surface area contributed by atoms with Gasteiger partial charge in [-0.25, -0.2) is 4.98 Å². The average Bonchev–Trinajstić information content (AvgIpc) is 2.92. The minimum absolute atomic E-state index is 0.00353. The van der Waals surface area contributed by atoms with Crippen LogP contribution in [0.15, 0.2) is 36.5 Å². The van der Waals surface area contributed by atoms with E-state index in [0.717, 1.165) is 35.2 Å². The van der Waals surface area contributed by atoms with Crippen molar-refractivity contribution in [2.24, 2.45) is 0 Å². The molecule has 1 aromatic carbocycles. The maximum atomic E-state index is 12.6. The summed E-state index contributed by atoms with van der Waals surface area (Å²) in [5.74, 6) is 0.555. The summed E-state index contributed by atoms with van der Waals surface area (Å²) < 4.78 is 0. The highest BCUT2D eigenvalue weighted by molar-refractivity contribution is 5.93. The van der Waals surface area contributed by atoms with Gasteiger partial charge in [-0.3, -0.25) is 9.59 Å². The van der Waals surface area contributed by atoms with Gasteiger partial charge in [0, 0.05) is 42.3 Å². The van der Waals surface area contributed by atoms with Gasteiger partial charge in [-0.2, -0.15) is 0 Å². The molecule has 154 valence electrons. The topological polar surface area (TPSA) is 78.1 Å². The number of para-hydroxylation sites is 1. The van der Waals surface area contributed by atoms with Crippen LogP contribution >= 0.6 is 0 Å². The summed E-state index contributed by atoms with van der Waals surface area (Å²) in [7, 11) is 1.80. The Bertz CT molecular complexity index is 1160. The van der Waals surface area contributed by atoms with Crippen LogP contribution in [-0.4, -0.2) is 33.7 Å². The van der Waals surface area contributed by atoms with Crippen molar-refractivity contribution in [1.82, 2.24) is 14.9 Å². The summed E-state index contributed by atoms with van der Waals surface area (Å²) in [6.45, 7) is 4.68. The number of aromatic nitrogens is 2. The minimum Gasteiger partial charge on any atom is -0.356 e. The van der Waals surface area contributed by atoms with Crippen molar-refractivity contribution in [2.45, 2.75) is 39.7 Å². The number of benzene rings is 1. The van der Waals surface area contributed by atoms with Crippen LogP contribution < -0.4 is 5.32 Å². The van der Waals surface area contributed by atoms with Gasteiger partial charge < -0.3 is 15.2 Å². The van der Waals surface area contributed by atoms with Crippen molar-refractivity contribution in [1.29, 1.82) is 0 Å². The van der Waals surface area contributed by atoms with Gasteiger partial charge in [-0.15, -0.1) is 0 Å². The number of H-pyrrole nitrogens is 1. The molecule has 0 atom stereocenters. The summed E-state index contributed by atoms with van der Waals surface area (Å²) in [5.41, 5.74) is 6.41. The first-order chi connectivity index (χ1) is 14.4. The Morgan fingerprint density at radius 1 is 1.27 bits per heavy atom. The molecule has 6 nitrogen and oxygen atoms in total. The van der Waals surface area contributed by atoms with Gasteiger partial charge in [0.05, 0.1) is 6.54 Å². The van der Waals surface area contributed by atoms with E-state index in [2.05, 4.69) is 47.3 Å². The highest BCUT2D eigenvalue weighted by Gasteiger charge is 2.15. The molecule has 2 aromatic heterocycles. The number of pyridine rings is 1. The molecule has 4 rings (SSSR count). The second-order valence-corrected chi connectivity index (χ2v) is 7.93. The molecule has 1 aliphatic rings. The number of carbonyl (C=O) groups excluding carboxylic acids is 2. The molecular formula is C24H26N4O2. The van der Waals surface area contributed by atoms with Crippen molar-refractivity contribution in [3.8, 4) is 0 Å². The zero-order chi connectivity index (χ0) is 21.3. The second-order valence-electron chi connectivity index (χ2n) is 7.93. The third-order valence-corrected chi connectivity index (χ3v) is 5.69. The van der Waals surface area contributed by atoms with E-state index in [1.165, 1.54) is 16.5 Å². The average molecular weight is 402 g/mol. The summed E-state index contributed by atoms with van der Waals surface area (Å²) in [5, 5.41) is 4.03. The standard InChI is InChI=1S/C24H26N4O2/c1-15-6-4-8-19-16(2)20(26-23(15)19)14-28(3)22(30)11-10-17-12-18-7-5-9-21(29)27-24(18)25-13-17/h4,6,8,10-13,26H,5,7,9,14H2,1-3H3,(H,25,27,29)/b11-10+. The highest BCUT2D eigenvalue weighted by atomic mass is 16.2. The fourth-order valence-corrected chi connectivity index (χ4v) is 3.88. The van der Waals surface area contributed by atoms with E-state index in [-0.39, 0.29) is 11.8 Å². The zero-order valence-electron chi connectivity index (χ0n) is 17.6. The number of likely N-dealkylation sites (N-methyl/N-ethyl adjacent to an activating group) is 1. The Kier molecular flexibility index (Phi) is 5.40. The predicted octanol–water partition coefficient (Wildman–Crippen LogP) is 4.13. The van der Waals surface area contributed by atoms with Crippen LogP contribution in [0.1, 0.15) is 40.8 Å². The molecule has 0 radical (unpaired) electrons. The van der Waals surface area contributed by atoms with Crippen molar-refractivity contribution in [2.75, 3.05) is 12.4 Å². The molecule has 30 heavy (non-hydrogen) atoms. The van der Waals surface area contributed by atoms with Crippen LogP contribution in [0.3, 0.4) is 0 Å². The molecule has 0 bridgehead atoms. The molecular weight excluding hydrogens is 376 g/mol. The molecule has 1 aliphatic heterocycles. The molecule has 0 fully saturated rings. The number of rotatable bonds is 4. The Morgan fingerprint density at radius 2 is 2.10 bits per heavy atom. The van der Waals surface area contributed by atoms with Gasteiger partial charge in [0.2, 0.25) is 11.8 Å². The Hall–Kier alpha value is -3.41. The minimum atomic E-state index is -0.0759. The Labute approximate surface area is 176 Å². The van der Waals surface area contributed by atoms with Crippen molar-refractivity contribution >= 4 is 34.6 Å². The normalized spacial score (nSPS) is 13.9. The lowest BCUT2D eigenvalue weighted by Gasteiger charge is -2.15. The fraction of sp³-hybridized carbons (Fsp3) is 0.292. The third kappa shape index (κ3) is 3.99. The van der Waals surface area contributed by atoms with Crippen LogP contribution in [0.5, 0.6) is 0 Å². The predicted molar refractivity (Wildman–Crippen MR) is 119 cm³/mol. The number of aromatic amines is 1. The SMILES string of the molecule is Cc1c(CN(C)C(=O)/C=C/c2cnc3c(c2)CCCC(=O)N3)[nH]c2c(C)cccc12. The van der Waals surface area contributed by atoms with E-state index >= 15 is 0 Å². The number of carbonyl (C=O) groups is 2. The lowest BCUT2D eigenvalue weighted by Crippen LogP contribution is -2.24. The van der Waals surface area contributed by atoms with Crippen LogP contribution in [0.4, 0.5) is 5.82 Å². The lowest BCUT2D eigenvalue weighted by molar-refractivity contribution is -0.125. The Balaban J connectivity index is 1.47. The van der Waals surface area contributed by atoms with Crippen molar-refractivity contribution < 1.29 is 9.59 Å². The summed E-state index contributed by atoms with van der Waals surface area (Å²) in [6, 6.07) is 8.23. The van der Waals surface area contributed by atoms with E-state index in [1.807, 2.05) is 6.07 Å². The third-order valence-electron chi connectivity index (χ3n) is 5.69. The molecule has 0 saturated carbocycles. The first-order valence-corrected chi connectivity index (χ1v) is 10.2. The molecule has 3 heterocycles. The van der Waals surface area contributed by atoms with E-state index in [0.29, 0.717) is 18.8 Å². The lowest BCUT2D eigenvalue weighted by atomic mass is 10.1. The van der Waals surface area contributed by atoms with Crippen LogP contribution in [-0.2, 0) is 22.6 Å². The number of nitrogens with zero attached hydrogens (tertiary/aromatic N) is 2. The maximum absolute atomic E-state index is 12.6. The van der Waals surface area contributed by atoms with E-state index in [9.17, 15) is 9.59 Å². The second kappa shape index (κ2) is 8.14. The van der Waals surface area contributed by atoms with Gasteiger partial charge in [0.25, 0.3) is 0 Å². The maximum Gasteiger partial charge on any atom is 0.246 e. The van der Waals surface area contributed by atoms with Crippen molar-refractivity contribution in [3.63, 3.8) is 0 Å². The molecule has 6 heteroatoms. The molecule has 2 amide bonds. The number of anilines is 1. The number of hydrogen-bond acceptors (Lipinski definition) is 3. The molecule has 2 N–H and O–H groups in total. The van der Waals surface area contributed by atoms with Crippen LogP contribution in [0.25, 0.3) is 17.0 Å². The van der Waals surface area contributed by atoms with E-state index < -0.39 is 0 Å². The van der Waals surface area contributed by atoms with Crippen molar-refractivity contribution in [3.05, 3.63) is 64.5 Å². The highest BCUT2D eigenvalue weighted by Crippen LogP contribution is 2.25. The molecule has 3 aromatic rings. The number of fused-ring (bicyclic) bond motifs is 2. The summed E-state index contributed by atoms with van der Waals surface area (Å²) in [6.07, 6.45) is 7.15. The summed E-state index contributed by atoms with van der Waals surface area (Å²) >= 11 is 0. The molecule has 0 aliphatic carbocycles. The first kappa shape index (κ1) is 19.9. The zero-order valence-corrected chi connectivity index (χ0v) is 17.6. The van der Waals surface area contributed by atoms with Crippen LogP contribution in [0.2, 0.25) is 0 Å².